The van der Waals surface area contributed by atoms with Gasteiger partial charge in [-0.25, -0.2) is 4.79 Å². The molecule has 2 aliphatic heterocycles. The Kier molecular flexibility index (Phi) is 2.42. The fourth-order valence-electron chi connectivity index (χ4n) is 2.70. The second-order valence-corrected chi connectivity index (χ2v) is 4.69. The lowest BCUT2D eigenvalue weighted by Crippen LogP contribution is -2.42. The van der Waals surface area contributed by atoms with Gasteiger partial charge in [0.2, 0.25) is 0 Å². The molecular formula is C13H17N3O. The van der Waals surface area contributed by atoms with Crippen molar-refractivity contribution in [3.8, 4) is 0 Å². The Balaban J connectivity index is 2.03. The lowest BCUT2D eigenvalue weighted by molar-refractivity contribution is 0.246. The van der Waals surface area contributed by atoms with Crippen LogP contribution in [0.4, 0.5) is 16.2 Å². The number of rotatable bonds is 1. The van der Waals surface area contributed by atoms with Gasteiger partial charge >= 0.3 is 6.03 Å². The Hall–Kier alpha value is -1.71. The highest BCUT2D eigenvalue weighted by atomic mass is 16.2. The SMILES string of the molecule is CN1C(=O)NCc2c(N3CCCC3)cccc21. The van der Waals surface area contributed by atoms with E-state index in [0.717, 1.165) is 18.8 Å². The number of carbonyl (C=O) groups is 1. The standard InChI is InChI=1S/C13H17N3O/c1-15-11-5-4-6-12(16-7-2-3-8-16)10(11)9-14-13(15)17/h4-6H,2-3,7-9H2,1H3,(H,14,17). The van der Waals surface area contributed by atoms with Crippen molar-refractivity contribution in [2.24, 2.45) is 0 Å². The Morgan fingerprint density at radius 3 is 2.65 bits per heavy atom. The largest absolute Gasteiger partial charge is 0.371 e. The molecule has 2 aliphatic rings. The summed E-state index contributed by atoms with van der Waals surface area (Å²) in [6.07, 6.45) is 2.54. The minimum absolute atomic E-state index is 0.0175. The average Bonchev–Trinajstić information content (AvgIpc) is 2.87. The molecule has 0 unspecified atom stereocenters. The third-order valence-corrected chi connectivity index (χ3v) is 3.66. The number of urea groups is 1. The first-order valence-corrected chi connectivity index (χ1v) is 6.16. The van der Waals surface area contributed by atoms with Gasteiger partial charge in [-0.3, -0.25) is 4.90 Å². The molecule has 17 heavy (non-hydrogen) atoms. The number of hydrogen-bond acceptors (Lipinski definition) is 2. The van der Waals surface area contributed by atoms with E-state index in [0.29, 0.717) is 6.54 Å². The molecule has 2 heterocycles. The average molecular weight is 231 g/mol. The molecule has 1 saturated heterocycles. The van der Waals surface area contributed by atoms with Crippen LogP contribution in [0.25, 0.3) is 0 Å². The second kappa shape index (κ2) is 3.95. The lowest BCUT2D eigenvalue weighted by Gasteiger charge is -2.31. The van der Waals surface area contributed by atoms with E-state index >= 15 is 0 Å². The molecule has 1 aromatic rings. The molecule has 1 aromatic carbocycles. The van der Waals surface area contributed by atoms with Gasteiger partial charge in [-0.15, -0.1) is 0 Å². The van der Waals surface area contributed by atoms with E-state index < -0.39 is 0 Å². The van der Waals surface area contributed by atoms with E-state index in [-0.39, 0.29) is 6.03 Å². The lowest BCUT2D eigenvalue weighted by atomic mass is 10.1. The summed E-state index contributed by atoms with van der Waals surface area (Å²) >= 11 is 0. The van der Waals surface area contributed by atoms with Crippen LogP contribution in [0.5, 0.6) is 0 Å². The van der Waals surface area contributed by atoms with E-state index in [1.165, 1.54) is 24.1 Å². The van der Waals surface area contributed by atoms with Crippen molar-refractivity contribution in [1.82, 2.24) is 5.32 Å². The number of benzene rings is 1. The third-order valence-electron chi connectivity index (χ3n) is 3.66. The second-order valence-electron chi connectivity index (χ2n) is 4.69. The summed E-state index contributed by atoms with van der Waals surface area (Å²) in [6, 6.07) is 6.21. The Labute approximate surface area is 101 Å². The van der Waals surface area contributed by atoms with Crippen LogP contribution < -0.4 is 15.1 Å². The molecule has 0 saturated carbocycles. The van der Waals surface area contributed by atoms with Crippen LogP contribution in [0.1, 0.15) is 18.4 Å². The molecule has 4 nitrogen and oxygen atoms in total. The summed E-state index contributed by atoms with van der Waals surface area (Å²) in [5.41, 5.74) is 3.57. The van der Waals surface area contributed by atoms with E-state index in [1.807, 2.05) is 19.2 Å². The van der Waals surface area contributed by atoms with Gasteiger partial charge in [0.25, 0.3) is 0 Å². The fraction of sp³-hybridized carbons (Fsp3) is 0.462. The highest BCUT2D eigenvalue weighted by molar-refractivity contribution is 5.95. The Bertz CT molecular complexity index is 452. The van der Waals surface area contributed by atoms with Gasteiger partial charge in [-0.05, 0) is 25.0 Å². The van der Waals surface area contributed by atoms with Crippen LogP contribution >= 0.6 is 0 Å². The van der Waals surface area contributed by atoms with E-state index in [2.05, 4.69) is 16.3 Å². The van der Waals surface area contributed by atoms with Crippen molar-refractivity contribution in [1.29, 1.82) is 0 Å². The molecule has 0 spiro atoms. The van der Waals surface area contributed by atoms with Gasteiger partial charge in [0.15, 0.2) is 0 Å². The third kappa shape index (κ3) is 1.64. The smallest absolute Gasteiger partial charge is 0.321 e. The molecule has 1 fully saturated rings. The van der Waals surface area contributed by atoms with E-state index in [1.54, 1.807) is 4.90 Å². The summed E-state index contributed by atoms with van der Waals surface area (Å²) in [4.78, 5) is 15.7. The fourth-order valence-corrected chi connectivity index (χ4v) is 2.70. The zero-order valence-electron chi connectivity index (χ0n) is 10.1. The summed E-state index contributed by atoms with van der Waals surface area (Å²) in [6.45, 7) is 2.91. The van der Waals surface area contributed by atoms with Crippen molar-refractivity contribution < 1.29 is 4.79 Å². The molecule has 0 aliphatic carbocycles. The summed E-state index contributed by atoms with van der Waals surface area (Å²) < 4.78 is 0. The summed E-state index contributed by atoms with van der Waals surface area (Å²) in [5.74, 6) is 0. The highest BCUT2D eigenvalue weighted by Gasteiger charge is 2.25. The maximum Gasteiger partial charge on any atom is 0.321 e. The molecule has 90 valence electrons. The Morgan fingerprint density at radius 1 is 1.18 bits per heavy atom. The number of nitrogens with zero attached hydrogens (tertiary/aromatic N) is 2. The first-order valence-electron chi connectivity index (χ1n) is 6.16. The molecule has 0 bridgehead atoms. The van der Waals surface area contributed by atoms with Crippen LogP contribution in [0.3, 0.4) is 0 Å². The molecule has 3 rings (SSSR count). The van der Waals surface area contributed by atoms with Crippen molar-refractivity contribution in [2.45, 2.75) is 19.4 Å². The first-order chi connectivity index (χ1) is 8.27. The van der Waals surface area contributed by atoms with E-state index in [9.17, 15) is 4.79 Å². The number of anilines is 2. The normalized spacial score (nSPS) is 19.2. The predicted molar refractivity (Wildman–Crippen MR) is 68.5 cm³/mol. The number of amides is 2. The van der Waals surface area contributed by atoms with Gasteiger partial charge in [0, 0.05) is 37.9 Å². The monoisotopic (exact) mass is 231 g/mol. The van der Waals surface area contributed by atoms with Gasteiger partial charge in [0.05, 0.1) is 5.69 Å². The van der Waals surface area contributed by atoms with Crippen LogP contribution in [-0.2, 0) is 6.54 Å². The van der Waals surface area contributed by atoms with Crippen LogP contribution in [0.15, 0.2) is 18.2 Å². The van der Waals surface area contributed by atoms with Crippen LogP contribution in [0, 0.1) is 0 Å². The molecule has 4 heteroatoms. The molecule has 0 aromatic heterocycles. The van der Waals surface area contributed by atoms with Crippen molar-refractivity contribution in [2.75, 3.05) is 29.9 Å². The van der Waals surface area contributed by atoms with Gasteiger partial charge < -0.3 is 10.2 Å². The summed E-state index contributed by atoms with van der Waals surface area (Å²) in [7, 11) is 1.82. The van der Waals surface area contributed by atoms with Crippen LogP contribution in [0.2, 0.25) is 0 Å². The number of fused-ring (bicyclic) bond motifs is 1. The zero-order chi connectivity index (χ0) is 11.8. The minimum Gasteiger partial charge on any atom is -0.371 e. The van der Waals surface area contributed by atoms with Gasteiger partial charge in [0.1, 0.15) is 0 Å². The predicted octanol–water partition coefficient (Wildman–Crippen LogP) is 1.95. The Morgan fingerprint density at radius 2 is 1.88 bits per heavy atom. The topological polar surface area (TPSA) is 35.6 Å². The maximum atomic E-state index is 11.6. The zero-order valence-corrected chi connectivity index (χ0v) is 10.1. The highest BCUT2D eigenvalue weighted by Crippen LogP contribution is 2.33. The quantitative estimate of drug-likeness (QED) is 0.801. The number of hydrogen-bond donors (Lipinski definition) is 1. The van der Waals surface area contributed by atoms with Crippen LogP contribution in [-0.4, -0.2) is 26.2 Å². The molecule has 0 atom stereocenters. The van der Waals surface area contributed by atoms with E-state index in [4.69, 9.17) is 0 Å². The van der Waals surface area contributed by atoms with Crippen molar-refractivity contribution in [3.63, 3.8) is 0 Å². The van der Waals surface area contributed by atoms with Gasteiger partial charge in [-0.2, -0.15) is 0 Å². The van der Waals surface area contributed by atoms with Gasteiger partial charge in [-0.1, -0.05) is 6.07 Å². The number of nitrogens with one attached hydrogen (secondary N) is 1. The molecule has 2 amide bonds. The first kappa shape index (κ1) is 10.4. The van der Waals surface area contributed by atoms with Crippen molar-refractivity contribution in [3.05, 3.63) is 23.8 Å². The molecule has 0 radical (unpaired) electrons. The summed E-state index contributed by atoms with van der Waals surface area (Å²) in [5, 5.41) is 2.91. The van der Waals surface area contributed by atoms with Crippen molar-refractivity contribution >= 4 is 17.4 Å². The maximum absolute atomic E-state index is 11.6. The minimum atomic E-state index is -0.0175. The molecule has 1 N–H and O–H groups in total. The molecular weight excluding hydrogens is 214 g/mol. The number of carbonyl (C=O) groups excluding carboxylic acids is 1.